The van der Waals surface area contributed by atoms with Crippen molar-refractivity contribution >= 4 is 22.9 Å². The summed E-state index contributed by atoms with van der Waals surface area (Å²) in [5.41, 5.74) is 2.26. The van der Waals surface area contributed by atoms with Crippen LogP contribution in [0.4, 0.5) is 0 Å². The van der Waals surface area contributed by atoms with Gasteiger partial charge in [0, 0.05) is 9.90 Å². The summed E-state index contributed by atoms with van der Waals surface area (Å²) in [6.45, 7) is 3.87. The predicted octanol–water partition coefficient (Wildman–Crippen LogP) is 4.25. The maximum absolute atomic E-state index is 5.80. The fourth-order valence-corrected chi connectivity index (χ4v) is 2.11. The molecule has 0 N–H and O–H groups in total. The van der Waals surface area contributed by atoms with Crippen LogP contribution in [0.1, 0.15) is 5.56 Å². The van der Waals surface area contributed by atoms with Crippen LogP contribution in [0, 0.1) is 6.92 Å². The van der Waals surface area contributed by atoms with Crippen LogP contribution in [-0.2, 0) is 0 Å². The van der Waals surface area contributed by atoms with Crippen LogP contribution in [0.15, 0.2) is 35.7 Å². The third-order valence-electron chi connectivity index (χ3n) is 1.78. The lowest BCUT2D eigenvalue weighted by Gasteiger charge is -1.95. The van der Waals surface area contributed by atoms with Gasteiger partial charge in [0.25, 0.3) is 0 Å². The Balaban J connectivity index is 2.41. The topological polar surface area (TPSA) is 0 Å². The second kappa shape index (κ2) is 3.52. The standard InChI is InChI=1S/C11H8ClS/c1-8-6-11(13-7-8)9-2-4-10(12)5-3-9/h2-7H,1H2. The minimum absolute atomic E-state index is 0.773. The van der Waals surface area contributed by atoms with Crippen LogP contribution >= 0.6 is 22.9 Å². The predicted molar refractivity (Wildman–Crippen MR) is 59.2 cm³/mol. The maximum atomic E-state index is 5.80. The Labute approximate surface area is 86.8 Å². The Morgan fingerprint density at radius 3 is 2.38 bits per heavy atom. The van der Waals surface area contributed by atoms with E-state index >= 15 is 0 Å². The summed E-state index contributed by atoms with van der Waals surface area (Å²) in [5, 5.41) is 2.82. The molecular weight excluding hydrogens is 200 g/mol. The van der Waals surface area contributed by atoms with Crippen LogP contribution in [0.5, 0.6) is 0 Å². The second-order valence-corrected chi connectivity index (χ2v) is 4.17. The molecule has 0 nitrogen and oxygen atoms in total. The largest absolute Gasteiger partial charge is 0.144 e. The molecule has 13 heavy (non-hydrogen) atoms. The zero-order valence-corrected chi connectivity index (χ0v) is 8.53. The van der Waals surface area contributed by atoms with E-state index in [2.05, 4.69) is 13.0 Å². The molecule has 1 radical (unpaired) electrons. The highest BCUT2D eigenvalue weighted by molar-refractivity contribution is 7.13. The first kappa shape index (κ1) is 8.79. The number of benzene rings is 1. The van der Waals surface area contributed by atoms with Crippen molar-refractivity contribution in [1.82, 2.24) is 0 Å². The molecule has 0 spiro atoms. The summed E-state index contributed by atoms with van der Waals surface area (Å²) in [4.78, 5) is 1.24. The third-order valence-corrected chi connectivity index (χ3v) is 3.06. The third kappa shape index (κ3) is 1.93. The van der Waals surface area contributed by atoms with Gasteiger partial charge in [-0.05, 0) is 41.6 Å². The molecule has 2 heteroatoms. The van der Waals surface area contributed by atoms with E-state index in [-0.39, 0.29) is 0 Å². The van der Waals surface area contributed by atoms with Gasteiger partial charge in [-0.25, -0.2) is 0 Å². The molecule has 0 fully saturated rings. The van der Waals surface area contributed by atoms with Gasteiger partial charge >= 0.3 is 0 Å². The highest BCUT2D eigenvalue weighted by Crippen LogP contribution is 2.27. The molecule has 2 rings (SSSR count). The average Bonchev–Trinajstić information content (AvgIpc) is 2.53. The van der Waals surface area contributed by atoms with E-state index in [1.54, 1.807) is 11.3 Å². The lowest BCUT2D eigenvalue weighted by molar-refractivity contribution is 1.68. The van der Waals surface area contributed by atoms with Crippen LogP contribution in [0.2, 0.25) is 5.02 Å². The molecule has 2 aromatic rings. The van der Waals surface area contributed by atoms with Crippen molar-refractivity contribution in [2.45, 2.75) is 0 Å². The molecule has 0 aliphatic heterocycles. The minimum atomic E-state index is 0.773. The Morgan fingerprint density at radius 1 is 1.15 bits per heavy atom. The maximum Gasteiger partial charge on any atom is 0.0406 e. The Hall–Kier alpha value is -0.790. The Bertz CT molecular complexity index is 400. The monoisotopic (exact) mass is 207 g/mol. The summed E-state index contributed by atoms with van der Waals surface area (Å²) in [7, 11) is 0. The SMILES string of the molecule is [CH2]c1csc(-c2ccc(Cl)cc2)c1. The lowest BCUT2D eigenvalue weighted by Crippen LogP contribution is -1.70. The number of hydrogen-bond donors (Lipinski definition) is 0. The summed E-state index contributed by atoms with van der Waals surface area (Å²) in [6.07, 6.45) is 0. The van der Waals surface area contributed by atoms with E-state index in [1.807, 2.05) is 29.6 Å². The number of rotatable bonds is 1. The zero-order chi connectivity index (χ0) is 9.26. The summed E-state index contributed by atoms with van der Waals surface area (Å²) in [5.74, 6) is 0. The van der Waals surface area contributed by atoms with Crippen LogP contribution in [-0.4, -0.2) is 0 Å². The van der Waals surface area contributed by atoms with Crippen molar-refractivity contribution in [3.05, 3.63) is 53.2 Å². The Morgan fingerprint density at radius 2 is 1.85 bits per heavy atom. The smallest absolute Gasteiger partial charge is 0.0406 e. The molecule has 1 aromatic heterocycles. The molecule has 0 aliphatic rings. The first-order valence-corrected chi connectivity index (χ1v) is 5.18. The van der Waals surface area contributed by atoms with Crippen molar-refractivity contribution in [3.63, 3.8) is 0 Å². The van der Waals surface area contributed by atoms with Gasteiger partial charge in [-0.1, -0.05) is 23.7 Å². The molecular formula is C11H8ClS. The van der Waals surface area contributed by atoms with Gasteiger partial charge in [0.15, 0.2) is 0 Å². The summed E-state index contributed by atoms with van der Waals surface area (Å²) >= 11 is 7.50. The van der Waals surface area contributed by atoms with Crippen LogP contribution in [0.25, 0.3) is 10.4 Å². The number of hydrogen-bond acceptors (Lipinski definition) is 1. The lowest BCUT2D eigenvalue weighted by atomic mass is 10.2. The average molecular weight is 208 g/mol. The Kier molecular flexibility index (Phi) is 2.38. The van der Waals surface area contributed by atoms with E-state index in [0.717, 1.165) is 10.6 Å². The molecule has 65 valence electrons. The van der Waals surface area contributed by atoms with Crippen molar-refractivity contribution in [3.8, 4) is 10.4 Å². The summed E-state index contributed by atoms with van der Waals surface area (Å²) in [6, 6.07) is 9.92. The number of thiophene rings is 1. The van der Waals surface area contributed by atoms with E-state index < -0.39 is 0 Å². The van der Waals surface area contributed by atoms with Gasteiger partial charge in [-0.15, -0.1) is 11.3 Å². The van der Waals surface area contributed by atoms with Gasteiger partial charge in [0.1, 0.15) is 0 Å². The zero-order valence-electron chi connectivity index (χ0n) is 6.96. The van der Waals surface area contributed by atoms with Gasteiger partial charge in [0.2, 0.25) is 0 Å². The van der Waals surface area contributed by atoms with Gasteiger partial charge in [-0.2, -0.15) is 0 Å². The van der Waals surface area contributed by atoms with Gasteiger partial charge in [-0.3, -0.25) is 0 Å². The van der Waals surface area contributed by atoms with Crippen molar-refractivity contribution in [1.29, 1.82) is 0 Å². The van der Waals surface area contributed by atoms with Crippen LogP contribution in [0.3, 0.4) is 0 Å². The molecule has 0 saturated carbocycles. The van der Waals surface area contributed by atoms with Crippen molar-refractivity contribution < 1.29 is 0 Å². The fraction of sp³-hybridized carbons (Fsp3) is 0. The molecule has 1 aromatic carbocycles. The summed E-state index contributed by atoms with van der Waals surface area (Å²) < 4.78 is 0. The minimum Gasteiger partial charge on any atom is -0.144 e. The quantitative estimate of drug-likeness (QED) is 0.656. The highest BCUT2D eigenvalue weighted by Gasteiger charge is 1.99. The fourth-order valence-electron chi connectivity index (χ4n) is 1.14. The van der Waals surface area contributed by atoms with E-state index in [9.17, 15) is 0 Å². The first-order valence-electron chi connectivity index (χ1n) is 3.92. The van der Waals surface area contributed by atoms with Gasteiger partial charge in [0.05, 0.1) is 0 Å². The van der Waals surface area contributed by atoms with Crippen LogP contribution < -0.4 is 0 Å². The van der Waals surface area contributed by atoms with E-state index in [0.29, 0.717) is 0 Å². The normalized spacial score (nSPS) is 10.3. The number of halogens is 1. The van der Waals surface area contributed by atoms with Gasteiger partial charge < -0.3 is 0 Å². The molecule has 0 bridgehead atoms. The highest BCUT2D eigenvalue weighted by atomic mass is 35.5. The molecule has 0 saturated heterocycles. The second-order valence-electron chi connectivity index (χ2n) is 2.83. The molecule has 0 aliphatic carbocycles. The molecule has 0 amide bonds. The van der Waals surface area contributed by atoms with E-state index in [1.165, 1.54) is 10.4 Å². The first-order chi connectivity index (χ1) is 6.25. The van der Waals surface area contributed by atoms with E-state index in [4.69, 9.17) is 11.6 Å². The van der Waals surface area contributed by atoms with Crippen molar-refractivity contribution in [2.75, 3.05) is 0 Å². The molecule has 0 atom stereocenters. The van der Waals surface area contributed by atoms with Crippen molar-refractivity contribution in [2.24, 2.45) is 0 Å². The molecule has 0 unspecified atom stereocenters. The molecule has 1 heterocycles.